The van der Waals surface area contributed by atoms with Crippen LogP contribution in [0.3, 0.4) is 0 Å². The molecule has 1 atom stereocenters. The zero-order valence-corrected chi connectivity index (χ0v) is 14.5. The minimum Gasteiger partial charge on any atom is -0.312 e. The highest BCUT2D eigenvalue weighted by Crippen LogP contribution is 2.26. The van der Waals surface area contributed by atoms with E-state index in [4.69, 9.17) is 0 Å². The quantitative estimate of drug-likeness (QED) is 0.438. The Morgan fingerprint density at radius 3 is 2.50 bits per heavy atom. The molecule has 0 aromatic rings. The summed E-state index contributed by atoms with van der Waals surface area (Å²) in [7, 11) is 0. The topological polar surface area (TPSA) is 12.0 Å². The summed E-state index contributed by atoms with van der Waals surface area (Å²) in [4.78, 5) is 0.338. The van der Waals surface area contributed by atoms with Crippen molar-refractivity contribution < 1.29 is 0 Å². The number of hydrogen-bond acceptors (Lipinski definition) is 1. The van der Waals surface area contributed by atoms with Crippen LogP contribution in [0, 0.1) is 0 Å². The Morgan fingerprint density at radius 2 is 2.00 bits per heavy atom. The van der Waals surface area contributed by atoms with Gasteiger partial charge in [0.1, 0.15) is 0 Å². The second kappa shape index (κ2) is 9.82. The van der Waals surface area contributed by atoms with E-state index in [0.717, 1.165) is 18.4 Å². The average Bonchev–Trinajstić information content (AvgIpc) is 2.21. The van der Waals surface area contributed by atoms with Crippen LogP contribution in [-0.2, 0) is 0 Å². The first-order valence-electron chi connectivity index (χ1n) is 4.58. The van der Waals surface area contributed by atoms with E-state index in [1.54, 1.807) is 0 Å². The van der Waals surface area contributed by atoms with Crippen molar-refractivity contribution in [3.05, 3.63) is 8.96 Å². The lowest BCUT2D eigenvalue weighted by atomic mass is 10.3. The Kier molecular flexibility index (Phi) is 11.0. The highest BCUT2D eigenvalue weighted by molar-refractivity contribution is 9.16. The summed E-state index contributed by atoms with van der Waals surface area (Å²) in [6, 6.07) is 0. The van der Waals surface area contributed by atoms with Gasteiger partial charge in [0.2, 0.25) is 0 Å². The van der Waals surface area contributed by atoms with Gasteiger partial charge in [-0.1, -0.05) is 77.1 Å². The van der Waals surface area contributed by atoms with Gasteiger partial charge in [0.05, 0.1) is 4.83 Å². The third-order valence-electron chi connectivity index (χ3n) is 1.66. The first-order chi connectivity index (χ1) is 6.63. The van der Waals surface area contributed by atoms with E-state index < -0.39 is 0 Å². The van der Waals surface area contributed by atoms with Crippen molar-refractivity contribution >= 4 is 63.7 Å². The van der Waals surface area contributed by atoms with Crippen molar-refractivity contribution in [2.24, 2.45) is 0 Å². The molecule has 0 amide bonds. The van der Waals surface area contributed by atoms with Crippen molar-refractivity contribution in [3.63, 3.8) is 0 Å². The number of halogens is 4. The summed E-state index contributed by atoms with van der Waals surface area (Å²) < 4.78 is 2.34. The van der Waals surface area contributed by atoms with Crippen molar-refractivity contribution in [2.75, 3.05) is 18.4 Å². The van der Waals surface area contributed by atoms with Gasteiger partial charge in [-0.15, -0.1) is 0 Å². The molecular weight excluding hydrogens is 442 g/mol. The van der Waals surface area contributed by atoms with Gasteiger partial charge in [-0.05, 0) is 13.0 Å². The van der Waals surface area contributed by atoms with Crippen LogP contribution >= 0.6 is 63.7 Å². The summed E-state index contributed by atoms with van der Waals surface area (Å²) in [5, 5.41) is 4.28. The lowest BCUT2D eigenvalue weighted by Crippen LogP contribution is -2.18. The Balaban J connectivity index is 3.85. The molecule has 0 saturated heterocycles. The number of rotatable bonds is 7. The Labute approximate surface area is 120 Å². The van der Waals surface area contributed by atoms with Gasteiger partial charge in [-0.2, -0.15) is 0 Å². The summed E-state index contributed by atoms with van der Waals surface area (Å²) >= 11 is 14.1. The second-order valence-corrected chi connectivity index (χ2v) is 6.47. The van der Waals surface area contributed by atoms with E-state index in [2.05, 4.69) is 76.0 Å². The molecule has 1 N–H and O–H groups in total. The molecule has 84 valence electrons. The summed E-state index contributed by atoms with van der Waals surface area (Å²) in [6.45, 7) is 4.16. The molecule has 0 heterocycles. The highest BCUT2D eigenvalue weighted by atomic mass is 79.9. The Bertz CT molecular complexity index is 182. The molecule has 0 aliphatic heterocycles. The van der Waals surface area contributed by atoms with Gasteiger partial charge < -0.3 is 5.32 Å². The molecule has 0 rings (SSSR count). The Morgan fingerprint density at radius 1 is 1.36 bits per heavy atom. The molecule has 0 radical (unpaired) electrons. The lowest BCUT2D eigenvalue weighted by Gasteiger charge is -2.09. The SMILES string of the molecule is CCCCNC/C(Br)=C(\Br)C(Br)CBr. The van der Waals surface area contributed by atoms with Crippen molar-refractivity contribution in [1.29, 1.82) is 0 Å². The van der Waals surface area contributed by atoms with E-state index in [-0.39, 0.29) is 0 Å². The van der Waals surface area contributed by atoms with Crippen LogP contribution in [0.4, 0.5) is 0 Å². The fourth-order valence-corrected chi connectivity index (χ4v) is 2.94. The van der Waals surface area contributed by atoms with Crippen LogP contribution in [0.2, 0.25) is 0 Å². The second-order valence-electron chi connectivity index (χ2n) is 2.91. The third-order valence-corrected chi connectivity index (χ3v) is 6.84. The van der Waals surface area contributed by atoms with Crippen LogP contribution in [0.1, 0.15) is 19.8 Å². The van der Waals surface area contributed by atoms with Crippen LogP contribution in [0.15, 0.2) is 8.96 Å². The molecular formula is C9H15Br4N. The fraction of sp³-hybridized carbons (Fsp3) is 0.778. The standard InChI is InChI=1S/C9H15Br4N/c1-2-3-4-14-6-8(12)9(13)7(11)5-10/h7,14H,2-6H2,1H3/b9-8+. The number of allylic oxidation sites excluding steroid dienone is 1. The molecule has 0 aliphatic rings. The number of alkyl halides is 2. The Hall–Kier alpha value is 1.62. The molecule has 14 heavy (non-hydrogen) atoms. The van der Waals surface area contributed by atoms with E-state index in [0.29, 0.717) is 4.83 Å². The minimum atomic E-state index is 0.338. The molecule has 1 unspecified atom stereocenters. The van der Waals surface area contributed by atoms with Crippen molar-refractivity contribution in [2.45, 2.75) is 24.6 Å². The number of hydrogen-bond donors (Lipinski definition) is 1. The predicted molar refractivity (Wildman–Crippen MR) is 79.2 cm³/mol. The largest absolute Gasteiger partial charge is 0.312 e. The smallest absolute Gasteiger partial charge is 0.0566 e. The number of unbranched alkanes of at least 4 members (excludes halogenated alkanes) is 1. The zero-order valence-electron chi connectivity index (χ0n) is 8.12. The van der Waals surface area contributed by atoms with Gasteiger partial charge in [-0.3, -0.25) is 0 Å². The summed E-state index contributed by atoms with van der Waals surface area (Å²) in [5.74, 6) is 0. The molecule has 0 spiro atoms. The van der Waals surface area contributed by atoms with Gasteiger partial charge in [0.25, 0.3) is 0 Å². The normalized spacial score (nSPS) is 15.2. The maximum Gasteiger partial charge on any atom is 0.0566 e. The molecule has 5 heteroatoms. The van der Waals surface area contributed by atoms with Crippen LogP contribution in [0.25, 0.3) is 0 Å². The van der Waals surface area contributed by atoms with Crippen LogP contribution in [-0.4, -0.2) is 23.2 Å². The first-order valence-corrected chi connectivity index (χ1v) is 8.20. The van der Waals surface area contributed by atoms with Crippen LogP contribution < -0.4 is 5.32 Å². The van der Waals surface area contributed by atoms with Gasteiger partial charge in [-0.25, -0.2) is 0 Å². The van der Waals surface area contributed by atoms with E-state index in [9.17, 15) is 0 Å². The predicted octanol–water partition coefficient (Wildman–Crippen LogP) is 4.54. The van der Waals surface area contributed by atoms with E-state index >= 15 is 0 Å². The molecule has 1 nitrogen and oxygen atoms in total. The molecule has 0 aromatic carbocycles. The van der Waals surface area contributed by atoms with Gasteiger partial charge in [0.15, 0.2) is 0 Å². The van der Waals surface area contributed by atoms with Crippen molar-refractivity contribution in [3.8, 4) is 0 Å². The summed E-state index contributed by atoms with van der Waals surface area (Å²) in [5.41, 5.74) is 0. The molecule has 0 aliphatic carbocycles. The maximum atomic E-state index is 3.56. The fourth-order valence-electron chi connectivity index (χ4n) is 0.822. The first kappa shape index (κ1) is 15.6. The summed E-state index contributed by atoms with van der Waals surface area (Å²) in [6.07, 6.45) is 2.46. The van der Waals surface area contributed by atoms with Gasteiger partial charge >= 0.3 is 0 Å². The highest BCUT2D eigenvalue weighted by Gasteiger charge is 2.09. The molecule has 0 aromatic heterocycles. The van der Waals surface area contributed by atoms with Crippen molar-refractivity contribution in [1.82, 2.24) is 5.32 Å². The minimum absolute atomic E-state index is 0.338. The third kappa shape index (κ3) is 6.99. The molecule has 0 fully saturated rings. The zero-order chi connectivity index (χ0) is 11.0. The van der Waals surface area contributed by atoms with E-state index in [1.807, 2.05) is 0 Å². The van der Waals surface area contributed by atoms with Crippen LogP contribution in [0.5, 0.6) is 0 Å². The molecule has 0 bridgehead atoms. The number of nitrogens with one attached hydrogen (secondary N) is 1. The lowest BCUT2D eigenvalue weighted by molar-refractivity contribution is 0.679. The molecule has 0 saturated carbocycles. The average molecular weight is 457 g/mol. The monoisotopic (exact) mass is 453 g/mol. The van der Waals surface area contributed by atoms with E-state index in [1.165, 1.54) is 21.8 Å². The maximum absolute atomic E-state index is 3.56. The van der Waals surface area contributed by atoms with Gasteiger partial charge in [0, 0.05) is 20.8 Å².